The molecule has 1 unspecified atom stereocenters. The highest BCUT2D eigenvalue weighted by molar-refractivity contribution is 8.13. The Morgan fingerprint density at radius 2 is 2.18 bits per heavy atom. The molecule has 0 fully saturated rings. The third kappa shape index (κ3) is 3.59. The second-order valence-corrected chi connectivity index (χ2v) is 6.23. The predicted molar refractivity (Wildman–Crippen MR) is 92.6 cm³/mol. The Balaban J connectivity index is 2.55. The van der Waals surface area contributed by atoms with E-state index in [0.717, 1.165) is 0 Å². The maximum Gasteiger partial charge on any atom is 0.338 e. The number of thioether (sulfide) groups is 1. The summed E-state index contributed by atoms with van der Waals surface area (Å²) in [5.41, 5.74) is 1.84. The van der Waals surface area contributed by atoms with Gasteiger partial charge in [0.05, 0.1) is 12.2 Å². The monoisotopic (exact) mass is 358 g/mol. The van der Waals surface area contributed by atoms with Crippen LogP contribution in [0.25, 0.3) is 0 Å². The summed E-state index contributed by atoms with van der Waals surface area (Å²) in [5.74, 6) is -0.405. The van der Waals surface area contributed by atoms with Crippen molar-refractivity contribution in [1.82, 2.24) is 5.32 Å². The molecule has 22 heavy (non-hydrogen) atoms. The van der Waals surface area contributed by atoms with E-state index in [1.54, 1.807) is 25.1 Å². The Bertz CT molecular complexity index is 659. The summed E-state index contributed by atoms with van der Waals surface area (Å²) in [6, 6.07) is 4.60. The van der Waals surface area contributed by atoms with Crippen molar-refractivity contribution >= 4 is 46.1 Å². The zero-order chi connectivity index (χ0) is 16.3. The van der Waals surface area contributed by atoms with Gasteiger partial charge in [0.1, 0.15) is 6.04 Å². The van der Waals surface area contributed by atoms with Gasteiger partial charge >= 0.3 is 5.97 Å². The molecule has 1 heterocycles. The van der Waals surface area contributed by atoms with Gasteiger partial charge in [0.2, 0.25) is 0 Å². The summed E-state index contributed by atoms with van der Waals surface area (Å²) in [6.45, 7) is 3.88. The predicted octanol–water partition coefficient (Wildman–Crippen LogP) is 4.19. The Kier molecular flexibility index (Phi) is 5.78. The van der Waals surface area contributed by atoms with Gasteiger partial charge in [-0.2, -0.15) is 0 Å². The van der Waals surface area contributed by atoms with Crippen molar-refractivity contribution in [3.8, 4) is 0 Å². The second-order valence-electron chi connectivity index (χ2n) is 4.59. The highest BCUT2D eigenvalue weighted by Gasteiger charge is 2.31. The van der Waals surface area contributed by atoms with Gasteiger partial charge in [0.25, 0.3) is 0 Å². The largest absolute Gasteiger partial charge is 0.463 e. The van der Waals surface area contributed by atoms with Gasteiger partial charge in [0.15, 0.2) is 5.17 Å². The lowest BCUT2D eigenvalue weighted by Gasteiger charge is -2.26. The Labute approximate surface area is 143 Å². The number of esters is 1. The third-order valence-electron chi connectivity index (χ3n) is 3.16. The van der Waals surface area contributed by atoms with Crippen LogP contribution in [0.1, 0.15) is 25.5 Å². The molecule has 0 spiro atoms. The van der Waals surface area contributed by atoms with Crippen molar-refractivity contribution in [3.63, 3.8) is 0 Å². The quantitative estimate of drug-likeness (QED) is 0.822. The number of nitrogens with zero attached hydrogens (tertiary/aromatic N) is 1. The van der Waals surface area contributed by atoms with Gasteiger partial charge in [0, 0.05) is 21.3 Å². The lowest BCUT2D eigenvalue weighted by molar-refractivity contribution is -0.138. The van der Waals surface area contributed by atoms with Crippen LogP contribution >= 0.6 is 35.0 Å². The number of carbonyl (C=O) groups excluding carboxylic acids is 1. The van der Waals surface area contributed by atoms with Crippen LogP contribution in [0.3, 0.4) is 0 Å². The van der Waals surface area contributed by atoms with E-state index in [-0.39, 0.29) is 0 Å². The fraction of sp³-hybridized carbons (Fsp3) is 0.333. The minimum atomic E-state index is -0.533. The molecule has 1 aliphatic rings. The van der Waals surface area contributed by atoms with Gasteiger partial charge in [-0.25, -0.2) is 9.79 Å². The van der Waals surface area contributed by atoms with Crippen LogP contribution in [0.4, 0.5) is 0 Å². The van der Waals surface area contributed by atoms with E-state index in [2.05, 4.69) is 10.3 Å². The number of rotatable bonds is 3. The number of aliphatic imine (C=N–C) groups is 1. The summed E-state index contributed by atoms with van der Waals surface area (Å²) in [6.07, 6.45) is 1.91. The van der Waals surface area contributed by atoms with Gasteiger partial charge in [-0.05, 0) is 38.3 Å². The maximum atomic E-state index is 12.3. The Hall–Kier alpha value is -1.17. The summed E-state index contributed by atoms with van der Waals surface area (Å²) in [5, 5.41) is 4.87. The number of amidine groups is 1. The molecule has 118 valence electrons. The molecule has 7 heteroatoms. The molecule has 1 aromatic rings. The topological polar surface area (TPSA) is 50.7 Å². The van der Waals surface area contributed by atoms with Crippen LogP contribution in [0.2, 0.25) is 10.0 Å². The van der Waals surface area contributed by atoms with Crippen molar-refractivity contribution in [2.75, 3.05) is 12.9 Å². The number of allylic oxidation sites excluding steroid dienone is 1. The zero-order valence-electron chi connectivity index (χ0n) is 12.4. The first kappa shape index (κ1) is 17.2. The van der Waals surface area contributed by atoms with Gasteiger partial charge < -0.3 is 10.1 Å². The molecule has 0 aromatic heterocycles. The lowest BCUT2D eigenvalue weighted by Crippen LogP contribution is -2.30. The molecule has 1 N–H and O–H groups in total. The first-order chi connectivity index (χ1) is 10.5. The van der Waals surface area contributed by atoms with E-state index < -0.39 is 12.0 Å². The van der Waals surface area contributed by atoms with Crippen LogP contribution in [-0.4, -0.2) is 24.0 Å². The molecule has 1 atom stereocenters. The standard InChI is InChI=1S/C15H16Cl2N2O2S/c1-4-21-14(20)12-8(2)18-15(22-3)19-13(12)10-7-9(16)5-6-11(10)17/h5-7,13H,4H2,1-3H3,(H,18,19). The van der Waals surface area contributed by atoms with Crippen LogP contribution in [0.5, 0.6) is 0 Å². The van der Waals surface area contributed by atoms with E-state index in [1.807, 2.05) is 13.2 Å². The summed E-state index contributed by atoms with van der Waals surface area (Å²) in [4.78, 5) is 16.9. The molecule has 0 amide bonds. The average molecular weight is 359 g/mol. The molecule has 1 aromatic carbocycles. The number of hydrogen-bond donors (Lipinski definition) is 1. The first-order valence-electron chi connectivity index (χ1n) is 6.69. The van der Waals surface area contributed by atoms with Crippen LogP contribution in [0.15, 0.2) is 34.5 Å². The lowest BCUT2D eigenvalue weighted by atomic mass is 9.96. The third-order valence-corrected chi connectivity index (χ3v) is 4.33. The van der Waals surface area contributed by atoms with Gasteiger partial charge in [-0.15, -0.1) is 0 Å². The average Bonchev–Trinajstić information content (AvgIpc) is 2.49. The smallest absolute Gasteiger partial charge is 0.338 e. The molecular formula is C15H16Cl2N2O2S. The number of benzene rings is 1. The fourth-order valence-electron chi connectivity index (χ4n) is 2.17. The molecule has 2 rings (SSSR count). The fourth-order valence-corrected chi connectivity index (χ4v) is 3.04. The van der Waals surface area contributed by atoms with Crippen molar-refractivity contribution in [2.24, 2.45) is 4.99 Å². The SMILES string of the molecule is CCOC(=O)C1=C(C)NC(SC)=NC1c1cc(Cl)ccc1Cl. The molecule has 1 aliphatic heterocycles. The maximum absolute atomic E-state index is 12.3. The molecular weight excluding hydrogens is 343 g/mol. The van der Waals surface area contributed by atoms with Crippen molar-refractivity contribution < 1.29 is 9.53 Å². The Morgan fingerprint density at radius 3 is 2.82 bits per heavy atom. The molecule has 0 radical (unpaired) electrons. The minimum Gasteiger partial charge on any atom is -0.463 e. The highest BCUT2D eigenvalue weighted by Crippen LogP contribution is 2.37. The number of ether oxygens (including phenoxy) is 1. The summed E-state index contributed by atoms with van der Waals surface area (Å²) in [7, 11) is 0. The molecule has 4 nitrogen and oxygen atoms in total. The summed E-state index contributed by atoms with van der Waals surface area (Å²) >= 11 is 13.8. The van der Waals surface area contributed by atoms with Crippen LogP contribution in [0, 0.1) is 0 Å². The van der Waals surface area contributed by atoms with E-state index in [9.17, 15) is 4.79 Å². The van der Waals surface area contributed by atoms with E-state index in [4.69, 9.17) is 27.9 Å². The van der Waals surface area contributed by atoms with Crippen molar-refractivity contribution in [3.05, 3.63) is 45.1 Å². The minimum absolute atomic E-state index is 0.296. The number of hydrogen-bond acceptors (Lipinski definition) is 5. The second kappa shape index (κ2) is 7.40. The normalized spacial score (nSPS) is 17.9. The van der Waals surface area contributed by atoms with Crippen molar-refractivity contribution in [2.45, 2.75) is 19.9 Å². The first-order valence-corrected chi connectivity index (χ1v) is 8.67. The van der Waals surface area contributed by atoms with Crippen LogP contribution < -0.4 is 5.32 Å². The van der Waals surface area contributed by atoms with E-state index in [1.165, 1.54) is 11.8 Å². The highest BCUT2D eigenvalue weighted by atomic mass is 35.5. The zero-order valence-corrected chi connectivity index (χ0v) is 14.8. The van der Waals surface area contributed by atoms with Crippen molar-refractivity contribution in [1.29, 1.82) is 0 Å². The molecule has 0 bridgehead atoms. The van der Waals surface area contributed by atoms with E-state index in [0.29, 0.717) is 38.7 Å². The molecule has 0 saturated carbocycles. The number of nitrogens with one attached hydrogen (secondary N) is 1. The number of carbonyl (C=O) groups is 1. The summed E-state index contributed by atoms with van der Waals surface area (Å²) < 4.78 is 5.15. The van der Waals surface area contributed by atoms with Gasteiger partial charge in [-0.1, -0.05) is 35.0 Å². The molecule has 0 aliphatic carbocycles. The number of halogens is 2. The van der Waals surface area contributed by atoms with Crippen LogP contribution in [-0.2, 0) is 9.53 Å². The van der Waals surface area contributed by atoms with Gasteiger partial charge in [-0.3, -0.25) is 0 Å². The molecule has 0 saturated heterocycles. The van der Waals surface area contributed by atoms with E-state index >= 15 is 0 Å². The Morgan fingerprint density at radius 1 is 1.45 bits per heavy atom.